The van der Waals surface area contributed by atoms with Gasteiger partial charge in [0.05, 0.1) is 0 Å². The molecule has 0 bridgehead atoms. The van der Waals surface area contributed by atoms with E-state index in [0.717, 1.165) is 28.9 Å². The predicted octanol–water partition coefficient (Wildman–Crippen LogP) is 4.73. The maximum absolute atomic E-state index is 12.9. The van der Waals surface area contributed by atoms with Gasteiger partial charge >= 0.3 is 0 Å². The van der Waals surface area contributed by atoms with E-state index < -0.39 is 5.41 Å². The molecule has 1 saturated carbocycles. The van der Waals surface area contributed by atoms with Gasteiger partial charge in [0.25, 0.3) is 0 Å². The number of nitrogens with one attached hydrogen (secondary N) is 2. The number of hydrogen-bond donors (Lipinski definition) is 2. The van der Waals surface area contributed by atoms with Crippen LogP contribution in [0.5, 0.6) is 0 Å². The fourth-order valence-corrected chi connectivity index (χ4v) is 3.23. The monoisotopic (exact) mass is 350 g/mol. The second-order valence-electron chi connectivity index (χ2n) is 7.24. The molecule has 0 heterocycles. The Morgan fingerprint density at radius 1 is 0.923 bits per heavy atom. The maximum Gasteiger partial charge on any atom is 0.240 e. The predicted molar refractivity (Wildman–Crippen MR) is 105 cm³/mol. The van der Waals surface area contributed by atoms with Crippen LogP contribution in [-0.2, 0) is 16.0 Å². The van der Waals surface area contributed by atoms with Crippen LogP contribution in [-0.4, -0.2) is 11.8 Å². The molecule has 4 heteroatoms. The third-order valence-electron chi connectivity index (χ3n) is 5.10. The van der Waals surface area contributed by atoms with Crippen LogP contribution in [0.2, 0.25) is 0 Å². The third-order valence-corrected chi connectivity index (χ3v) is 5.10. The van der Waals surface area contributed by atoms with Crippen molar-refractivity contribution in [2.75, 3.05) is 10.6 Å². The zero-order valence-electron chi connectivity index (χ0n) is 15.6. The van der Waals surface area contributed by atoms with Crippen molar-refractivity contribution in [2.24, 2.45) is 5.41 Å². The molecule has 0 aromatic heterocycles. The Balaban J connectivity index is 1.76. The molecular weight excluding hydrogens is 324 g/mol. The van der Waals surface area contributed by atoms with Crippen LogP contribution in [0.15, 0.2) is 48.5 Å². The summed E-state index contributed by atoms with van der Waals surface area (Å²) < 4.78 is 0. The molecule has 0 saturated heterocycles. The normalized spacial score (nSPS) is 14.8. The van der Waals surface area contributed by atoms with Gasteiger partial charge in [-0.2, -0.15) is 0 Å². The van der Waals surface area contributed by atoms with Gasteiger partial charge in [-0.1, -0.05) is 57.2 Å². The molecule has 0 atom stereocenters. The standard InChI is InChI=1S/C22H26N2O2/c1-4-16-9-5-7-11-18(16)23-20(25)22(13-14-22)21(26)24-19-12-8-6-10-17(19)15(2)3/h5-12,15H,4,13-14H2,1-3H3,(H,23,25)(H,24,26). The molecular formula is C22H26N2O2. The summed E-state index contributed by atoms with van der Waals surface area (Å²) in [6.07, 6.45) is 2.00. The van der Waals surface area contributed by atoms with Crippen LogP contribution < -0.4 is 10.6 Å². The van der Waals surface area contributed by atoms with Gasteiger partial charge in [-0.15, -0.1) is 0 Å². The molecule has 1 aliphatic rings. The summed E-state index contributed by atoms with van der Waals surface area (Å²) in [4.78, 5) is 25.7. The number of carbonyl (C=O) groups is 2. The molecule has 136 valence electrons. The minimum atomic E-state index is -0.953. The summed E-state index contributed by atoms with van der Waals surface area (Å²) in [5.41, 5.74) is 2.78. The van der Waals surface area contributed by atoms with Gasteiger partial charge in [-0.05, 0) is 48.4 Å². The van der Waals surface area contributed by atoms with Gasteiger partial charge in [-0.25, -0.2) is 0 Å². The Hall–Kier alpha value is -2.62. The van der Waals surface area contributed by atoms with Crippen molar-refractivity contribution in [3.05, 3.63) is 59.7 Å². The summed E-state index contributed by atoms with van der Waals surface area (Å²) in [5, 5.41) is 5.96. The number of rotatable bonds is 6. The molecule has 0 radical (unpaired) electrons. The molecule has 2 N–H and O–H groups in total. The van der Waals surface area contributed by atoms with Gasteiger partial charge in [0.2, 0.25) is 11.8 Å². The smallest absolute Gasteiger partial charge is 0.240 e. The van der Waals surface area contributed by atoms with Crippen molar-refractivity contribution in [1.29, 1.82) is 0 Å². The molecule has 1 fully saturated rings. The van der Waals surface area contributed by atoms with E-state index in [-0.39, 0.29) is 11.8 Å². The summed E-state index contributed by atoms with van der Waals surface area (Å²) in [6, 6.07) is 15.5. The van der Waals surface area contributed by atoms with Crippen LogP contribution >= 0.6 is 0 Å². The van der Waals surface area contributed by atoms with Gasteiger partial charge in [0, 0.05) is 11.4 Å². The van der Waals surface area contributed by atoms with Gasteiger partial charge in [0.1, 0.15) is 5.41 Å². The highest BCUT2D eigenvalue weighted by atomic mass is 16.2. The molecule has 4 nitrogen and oxygen atoms in total. The second-order valence-corrected chi connectivity index (χ2v) is 7.24. The van der Waals surface area contributed by atoms with E-state index in [1.165, 1.54) is 0 Å². The lowest BCUT2D eigenvalue weighted by atomic mass is 9.99. The van der Waals surface area contributed by atoms with Crippen molar-refractivity contribution in [1.82, 2.24) is 0 Å². The van der Waals surface area contributed by atoms with E-state index in [9.17, 15) is 9.59 Å². The Labute approximate surface area is 155 Å². The van der Waals surface area contributed by atoms with Crippen molar-refractivity contribution < 1.29 is 9.59 Å². The highest BCUT2D eigenvalue weighted by Crippen LogP contribution is 2.48. The van der Waals surface area contributed by atoms with Crippen LogP contribution in [0.1, 0.15) is 50.7 Å². The topological polar surface area (TPSA) is 58.2 Å². The van der Waals surface area contributed by atoms with E-state index in [1.807, 2.05) is 55.5 Å². The fraction of sp³-hybridized carbons (Fsp3) is 0.364. The summed E-state index contributed by atoms with van der Waals surface area (Å²) >= 11 is 0. The number of aryl methyl sites for hydroxylation is 1. The molecule has 26 heavy (non-hydrogen) atoms. The minimum absolute atomic E-state index is 0.210. The molecule has 0 aliphatic heterocycles. The van der Waals surface area contributed by atoms with E-state index in [2.05, 4.69) is 24.5 Å². The van der Waals surface area contributed by atoms with Crippen LogP contribution in [0.3, 0.4) is 0 Å². The summed E-state index contributed by atoms with van der Waals surface area (Å²) in [7, 11) is 0. The van der Waals surface area contributed by atoms with Gasteiger partial charge in [-0.3, -0.25) is 9.59 Å². The lowest BCUT2D eigenvalue weighted by Gasteiger charge is -2.19. The number of anilines is 2. The second kappa shape index (κ2) is 7.32. The van der Waals surface area contributed by atoms with E-state index in [1.54, 1.807) is 0 Å². The Kier molecular flexibility index (Phi) is 5.12. The molecule has 2 aromatic carbocycles. The summed E-state index contributed by atoms with van der Waals surface area (Å²) in [6.45, 7) is 6.23. The average Bonchev–Trinajstić information content (AvgIpc) is 3.44. The van der Waals surface area contributed by atoms with Crippen molar-refractivity contribution in [3.63, 3.8) is 0 Å². The lowest BCUT2D eigenvalue weighted by Crippen LogP contribution is -2.36. The first-order valence-corrected chi connectivity index (χ1v) is 9.27. The number of carbonyl (C=O) groups excluding carboxylic acids is 2. The largest absolute Gasteiger partial charge is 0.325 e. The quantitative estimate of drug-likeness (QED) is 0.740. The number of para-hydroxylation sites is 2. The van der Waals surface area contributed by atoms with Crippen LogP contribution in [0.25, 0.3) is 0 Å². The van der Waals surface area contributed by atoms with E-state index in [0.29, 0.717) is 18.8 Å². The summed E-state index contributed by atoms with van der Waals surface area (Å²) in [5.74, 6) is -0.123. The molecule has 2 amide bonds. The SMILES string of the molecule is CCc1ccccc1NC(=O)C1(C(=O)Nc2ccccc2C(C)C)CC1. The zero-order chi connectivity index (χ0) is 18.7. The highest BCUT2D eigenvalue weighted by Gasteiger charge is 2.56. The Morgan fingerprint density at radius 3 is 2.04 bits per heavy atom. The van der Waals surface area contributed by atoms with Crippen LogP contribution in [0.4, 0.5) is 11.4 Å². The maximum atomic E-state index is 12.9. The van der Waals surface area contributed by atoms with Crippen molar-refractivity contribution in [3.8, 4) is 0 Å². The van der Waals surface area contributed by atoms with Gasteiger partial charge < -0.3 is 10.6 Å². The first-order valence-electron chi connectivity index (χ1n) is 9.27. The van der Waals surface area contributed by atoms with Gasteiger partial charge in [0.15, 0.2) is 0 Å². The average molecular weight is 350 g/mol. The number of benzene rings is 2. The molecule has 0 spiro atoms. The first kappa shape index (κ1) is 18.2. The molecule has 1 aliphatic carbocycles. The highest BCUT2D eigenvalue weighted by molar-refractivity contribution is 6.17. The molecule has 3 rings (SSSR count). The molecule has 2 aromatic rings. The van der Waals surface area contributed by atoms with E-state index >= 15 is 0 Å². The van der Waals surface area contributed by atoms with Crippen molar-refractivity contribution in [2.45, 2.75) is 46.0 Å². The van der Waals surface area contributed by atoms with E-state index in [4.69, 9.17) is 0 Å². The Bertz CT molecular complexity index is 822. The number of amides is 2. The minimum Gasteiger partial charge on any atom is -0.325 e. The van der Waals surface area contributed by atoms with Crippen LogP contribution in [0, 0.1) is 5.41 Å². The Morgan fingerprint density at radius 2 is 1.46 bits per heavy atom. The lowest BCUT2D eigenvalue weighted by molar-refractivity contribution is -0.131. The fourth-order valence-electron chi connectivity index (χ4n) is 3.23. The zero-order valence-corrected chi connectivity index (χ0v) is 15.6. The van der Waals surface area contributed by atoms with Crippen molar-refractivity contribution >= 4 is 23.2 Å². The molecule has 0 unspecified atom stereocenters. The third kappa shape index (κ3) is 3.50. The first-order chi connectivity index (χ1) is 12.5. The number of hydrogen-bond acceptors (Lipinski definition) is 2.